The number of amides is 1. The van der Waals surface area contributed by atoms with E-state index >= 15 is 0 Å². The highest BCUT2D eigenvalue weighted by atomic mass is 19.1. The summed E-state index contributed by atoms with van der Waals surface area (Å²) in [6.07, 6.45) is 1.65. The molecule has 1 saturated heterocycles. The summed E-state index contributed by atoms with van der Waals surface area (Å²) in [5.74, 6) is -0.115. The van der Waals surface area contributed by atoms with Crippen molar-refractivity contribution in [2.75, 3.05) is 19.7 Å². The third-order valence-electron chi connectivity index (χ3n) is 3.40. The Morgan fingerprint density at radius 1 is 1.50 bits per heavy atom. The van der Waals surface area contributed by atoms with Crippen LogP contribution in [-0.4, -0.2) is 35.6 Å². The summed E-state index contributed by atoms with van der Waals surface area (Å²) in [6, 6.07) is 4.41. The minimum atomic E-state index is -0.371. The van der Waals surface area contributed by atoms with Crippen molar-refractivity contribution in [2.24, 2.45) is 5.92 Å². The highest BCUT2D eigenvalue weighted by Gasteiger charge is 2.26. The van der Waals surface area contributed by atoms with Crippen LogP contribution in [0.15, 0.2) is 18.2 Å². The number of carbonyl (C=O) groups is 1. The zero-order chi connectivity index (χ0) is 13.1. The number of benzene rings is 1. The van der Waals surface area contributed by atoms with Crippen LogP contribution in [0.3, 0.4) is 0 Å². The van der Waals surface area contributed by atoms with Gasteiger partial charge in [-0.15, -0.1) is 0 Å². The summed E-state index contributed by atoms with van der Waals surface area (Å²) in [4.78, 5) is 13.9. The van der Waals surface area contributed by atoms with Gasteiger partial charge in [-0.25, -0.2) is 4.39 Å². The standard InChI is InChI=1S/C14H18FNO2/c1-10-6-12(8-13(15)7-10)14(18)16-4-2-11(9-16)3-5-17/h6-8,11,17H,2-5,9H2,1H3. The number of hydrogen-bond acceptors (Lipinski definition) is 2. The maximum atomic E-state index is 13.3. The van der Waals surface area contributed by atoms with Crippen LogP contribution >= 0.6 is 0 Å². The first-order chi connectivity index (χ1) is 8.60. The smallest absolute Gasteiger partial charge is 0.253 e. The number of likely N-dealkylation sites (tertiary alicyclic amines) is 1. The number of hydrogen-bond donors (Lipinski definition) is 1. The van der Waals surface area contributed by atoms with Crippen molar-refractivity contribution in [1.29, 1.82) is 0 Å². The van der Waals surface area contributed by atoms with Crippen LogP contribution in [0.25, 0.3) is 0 Å². The van der Waals surface area contributed by atoms with Crippen LogP contribution in [0.1, 0.15) is 28.8 Å². The molecule has 1 atom stereocenters. The summed E-state index contributed by atoms with van der Waals surface area (Å²) in [7, 11) is 0. The van der Waals surface area contributed by atoms with E-state index in [1.807, 2.05) is 0 Å². The fourth-order valence-electron chi connectivity index (χ4n) is 2.48. The van der Waals surface area contributed by atoms with E-state index in [2.05, 4.69) is 0 Å². The first-order valence-electron chi connectivity index (χ1n) is 6.27. The molecule has 2 rings (SSSR count). The molecule has 1 aliphatic rings. The second-order valence-corrected chi connectivity index (χ2v) is 4.94. The molecule has 1 unspecified atom stereocenters. The number of carbonyl (C=O) groups excluding carboxylic acids is 1. The Kier molecular flexibility index (Phi) is 3.97. The summed E-state index contributed by atoms with van der Waals surface area (Å²) in [6.45, 7) is 3.29. The summed E-state index contributed by atoms with van der Waals surface area (Å²) < 4.78 is 13.3. The molecule has 98 valence electrons. The molecule has 0 aliphatic carbocycles. The van der Waals surface area contributed by atoms with E-state index in [9.17, 15) is 9.18 Å². The lowest BCUT2D eigenvalue weighted by atomic mass is 10.1. The lowest BCUT2D eigenvalue weighted by Gasteiger charge is -2.16. The van der Waals surface area contributed by atoms with Crippen LogP contribution in [0.5, 0.6) is 0 Å². The molecule has 3 nitrogen and oxygen atoms in total. The predicted molar refractivity (Wildman–Crippen MR) is 66.9 cm³/mol. The molecule has 1 aromatic rings. The molecule has 0 radical (unpaired) electrons. The first-order valence-corrected chi connectivity index (χ1v) is 6.27. The zero-order valence-electron chi connectivity index (χ0n) is 10.5. The average Bonchev–Trinajstić information content (AvgIpc) is 2.76. The lowest BCUT2D eigenvalue weighted by molar-refractivity contribution is 0.0784. The minimum absolute atomic E-state index is 0.113. The number of halogens is 1. The van der Waals surface area contributed by atoms with Crippen molar-refractivity contribution >= 4 is 5.91 Å². The topological polar surface area (TPSA) is 40.5 Å². The minimum Gasteiger partial charge on any atom is -0.396 e. The van der Waals surface area contributed by atoms with Gasteiger partial charge in [0, 0.05) is 25.3 Å². The third kappa shape index (κ3) is 2.88. The van der Waals surface area contributed by atoms with Crippen LogP contribution in [0.2, 0.25) is 0 Å². The van der Waals surface area contributed by atoms with Crippen molar-refractivity contribution in [2.45, 2.75) is 19.8 Å². The van der Waals surface area contributed by atoms with E-state index in [0.29, 0.717) is 24.6 Å². The van der Waals surface area contributed by atoms with Crippen LogP contribution in [0, 0.1) is 18.7 Å². The van der Waals surface area contributed by atoms with Crippen LogP contribution < -0.4 is 0 Å². The summed E-state index contributed by atoms with van der Waals surface area (Å²) in [5.41, 5.74) is 1.17. The molecule has 1 fully saturated rings. The van der Waals surface area contributed by atoms with Crippen molar-refractivity contribution in [3.63, 3.8) is 0 Å². The Hall–Kier alpha value is -1.42. The van der Waals surface area contributed by atoms with Crippen molar-refractivity contribution in [3.8, 4) is 0 Å². The Balaban J connectivity index is 2.08. The zero-order valence-corrected chi connectivity index (χ0v) is 10.5. The van der Waals surface area contributed by atoms with Gasteiger partial charge in [-0.1, -0.05) is 0 Å². The van der Waals surface area contributed by atoms with E-state index in [4.69, 9.17) is 5.11 Å². The number of aryl methyl sites for hydroxylation is 1. The normalized spacial score (nSPS) is 19.3. The summed E-state index contributed by atoms with van der Waals surface area (Å²) >= 11 is 0. The summed E-state index contributed by atoms with van der Waals surface area (Å²) in [5, 5.41) is 8.89. The SMILES string of the molecule is Cc1cc(F)cc(C(=O)N2CCC(CCO)C2)c1. The fourth-order valence-corrected chi connectivity index (χ4v) is 2.48. The Morgan fingerprint density at radius 3 is 2.94 bits per heavy atom. The molecular formula is C14H18FNO2. The van der Waals surface area contributed by atoms with Gasteiger partial charge in [0.2, 0.25) is 0 Å². The number of aliphatic hydroxyl groups is 1. The highest BCUT2D eigenvalue weighted by molar-refractivity contribution is 5.94. The van der Waals surface area contributed by atoms with E-state index < -0.39 is 0 Å². The van der Waals surface area contributed by atoms with Gasteiger partial charge < -0.3 is 10.0 Å². The monoisotopic (exact) mass is 251 g/mol. The Bertz CT molecular complexity index is 427. The molecule has 4 heteroatoms. The maximum absolute atomic E-state index is 13.3. The predicted octanol–water partition coefficient (Wildman–Crippen LogP) is 1.98. The van der Waals surface area contributed by atoms with E-state index in [1.165, 1.54) is 12.1 Å². The molecule has 1 N–H and O–H groups in total. The average molecular weight is 251 g/mol. The maximum Gasteiger partial charge on any atom is 0.253 e. The number of aliphatic hydroxyl groups excluding tert-OH is 1. The molecule has 1 aromatic carbocycles. The van der Waals surface area contributed by atoms with Gasteiger partial charge in [0.15, 0.2) is 0 Å². The number of rotatable bonds is 3. The van der Waals surface area contributed by atoms with E-state index in [-0.39, 0.29) is 18.3 Å². The molecule has 18 heavy (non-hydrogen) atoms. The van der Waals surface area contributed by atoms with Gasteiger partial charge in [0.05, 0.1) is 0 Å². The van der Waals surface area contributed by atoms with E-state index in [0.717, 1.165) is 18.4 Å². The van der Waals surface area contributed by atoms with Crippen molar-refractivity contribution < 1.29 is 14.3 Å². The molecule has 1 heterocycles. The molecule has 0 aromatic heterocycles. The van der Waals surface area contributed by atoms with Crippen LogP contribution in [0.4, 0.5) is 4.39 Å². The molecule has 0 saturated carbocycles. The van der Waals surface area contributed by atoms with Crippen LogP contribution in [-0.2, 0) is 0 Å². The van der Waals surface area contributed by atoms with Gasteiger partial charge in [0.1, 0.15) is 5.82 Å². The molecule has 1 amide bonds. The molecule has 0 spiro atoms. The van der Waals surface area contributed by atoms with Gasteiger partial charge in [-0.2, -0.15) is 0 Å². The van der Waals surface area contributed by atoms with Gasteiger partial charge >= 0.3 is 0 Å². The number of nitrogens with zero attached hydrogens (tertiary/aromatic N) is 1. The largest absolute Gasteiger partial charge is 0.396 e. The molecular weight excluding hydrogens is 233 g/mol. The molecule has 0 bridgehead atoms. The second-order valence-electron chi connectivity index (χ2n) is 4.94. The van der Waals surface area contributed by atoms with E-state index in [1.54, 1.807) is 17.9 Å². The first kappa shape index (κ1) is 13.0. The van der Waals surface area contributed by atoms with Crippen molar-refractivity contribution in [3.05, 3.63) is 35.1 Å². The third-order valence-corrected chi connectivity index (χ3v) is 3.40. The Morgan fingerprint density at radius 2 is 2.28 bits per heavy atom. The second kappa shape index (κ2) is 5.48. The molecule has 1 aliphatic heterocycles. The van der Waals surface area contributed by atoms with Gasteiger partial charge in [0.25, 0.3) is 5.91 Å². The Labute approximate surface area is 106 Å². The fraction of sp³-hybridized carbons (Fsp3) is 0.500. The van der Waals surface area contributed by atoms with Gasteiger partial charge in [-0.05, 0) is 49.4 Å². The quantitative estimate of drug-likeness (QED) is 0.892. The highest BCUT2D eigenvalue weighted by Crippen LogP contribution is 2.21. The van der Waals surface area contributed by atoms with Crippen molar-refractivity contribution in [1.82, 2.24) is 4.90 Å². The lowest BCUT2D eigenvalue weighted by Crippen LogP contribution is -2.29. The van der Waals surface area contributed by atoms with Gasteiger partial charge in [-0.3, -0.25) is 4.79 Å².